The average Bonchev–Trinajstić information content (AvgIpc) is 3.10. The number of methoxy groups -OCH3 is 2. The van der Waals surface area contributed by atoms with Crippen molar-refractivity contribution >= 4 is 0 Å². The highest BCUT2D eigenvalue weighted by atomic mass is 16.5. The summed E-state index contributed by atoms with van der Waals surface area (Å²) < 4.78 is 12.4. The summed E-state index contributed by atoms with van der Waals surface area (Å²) in [5.41, 5.74) is 1.26. The summed E-state index contributed by atoms with van der Waals surface area (Å²) in [5.74, 6) is 1.93. The summed E-state index contributed by atoms with van der Waals surface area (Å²) >= 11 is 0. The third-order valence-corrected chi connectivity index (χ3v) is 4.81. The van der Waals surface area contributed by atoms with E-state index < -0.39 is 6.10 Å². The average molecular weight is 331 g/mol. The molecule has 1 saturated carbocycles. The molecule has 3 atom stereocenters. The van der Waals surface area contributed by atoms with Crippen molar-refractivity contribution in [3.05, 3.63) is 35.7 Å². The van der Waals surface area contributed by atoms with Crippen LogP contribution < -0.4 is 9.47 Å². The highest BCUT2D eigenvalue weighted by Gasteiger charge is 2.23. The van der Waals surface area contributed by atoms with Crippen molar-refractivity contribution < 1.29 is 14.6 Å². The molecular formula is C18H25N3O3. The maximum absolute atomic E-state index is 10.6. The third kappa shape index (κ3) is 3.38. The lowest BCUT2D eigenvalue weighted by Crippen LogP contribution is -2.18. The van der Waals surface area contributed by atoms with Crippen LogP contribution >= 0.6 is 0 Å². The van der Waals surface area contributed by atoms with Crippen LogP contribution in [0.25, 0.3) is 0 Å². The molecule has 1 fully saturated rings. The molecule has 2 aromatic rings. The zero-order chi connectivity index (χ0) is 17.1. The van der Waals surface area contributed by atoms with E-state index in [0.717, 1.165) is 12.8 Å². The summed E-state index contributed by atoms with van der Waals surface area (Å²) in [4.78, 5) is 0. The molecule has 130 valence electrons. The fraction of sp³-hybridized carbons (Fsp3) is 0.556. The number of hydrogen-bond acceptors (Lipinski definition) is 5. The Balaban J connectivity index is 1.79. The van der Waals surface area contributed by atoms with Crippen LogP contribution in [0.4, 0.5) is 0 Å². The molecular weight excluding hydrogens is 306 g/mol. The second kappa shape index (κ2) is 7.21. The van der Waals surface area contributed by atoms with Gasteiger partial charge in [-0.2, -0.15) is 0 Å². The largest absolute Gasteiger partial charge is 0.493 e. The zero-order valence-electron chi connectivity index (χ0n) is 14.5. The summed E-state index contributed by atoms with van der Waals surface area (Å²) in [6.45, 7) is 2.28. The van der Waals surface area contributed by atoms with Crippen LogP contribution in [0, 0.1) is 5.92 Å². The van der Waals surface area contributed by atoms with Gasteiger partial charge < -0.3 is 14.6 Å². The molecule has 0 aliphatic heterocycles. The molecule has 0 bridgehead atoms. The van der Waals surface area contributed by atoms with Crippen LogP contribution in [-0.4, -0.2) is 34.3 Å². The van der Waals surface area contributed by atoms with E-state index in [-0.39, 0.29) is 0 Å². The van der Waals surface area contributed by atoms with Crippen molar-refractivity contribution in [3.63, 3.8) is 0 Å². The van der Waals surface area contributed by atoms with Crippen molar-refractivity contribution in [1.29, 1.82) is 0 Å². The maximum atomic E-state index is 10.6. The van der Waals surface area contributed by atoms with E-state index in [1.807, 2.05) is 16.9 Å². The Morgan fingerprint density at radius 3 is 2.71 bits per heavy atom. The molecule has 1 aromatic carbocycles. The van der Waals surface area contributed by atoms with Crippen molar-refractivity contribution in [3.8, 4) is 11.5 Å². The van der Waals surface area contributed by atoms with Crippen molar-refractivity contribution in [2.75, 3.05) is 14.2 Å². The first-order valence-corrected chi connectivity index (χ1v) is 8.44. The van der Waals surface area contributed by atoms with Gasteiger partial charge in [0.25, 0.3) is 0 Å². The third-order valence-electron chi connectivity index (χ3n) is 4.81. The minimum absolute atomic E-state index is 0.382. The smallest absolute Gasteiger partial charge is 0.161 e. The normalized spacial score (nSPS) is 22.2. The van der Waals surface area contributed by atoms with E-state index in [2.05, 4.69) is 17.2 Å². The number of nitrogens with zero attached hydrogens (tertiary/aromatic N) is 3. The van der Waals surface area contributed by atoms with Gasteiger partial charge in [-0.05, 0) is 36.5 Å². The molecule has 0 radical (unpaired) electrons. The SMILES string of the molecule is COc1ccc(C(O)c2cn(C3CCCC(C)C3)nn2)cc1OC. The van der Waals surface area contributed by atoms with Gasteiger partial charge in [-0.25, -0.2) is 4.68 Å². The molecule has 3 unspecified atom stereocenters. The van der Waals surface area contributed by atoms with E-state index >= 15 is 0 Å². The lowest BCUT2D eigenvalue weighted by Gasteiger charge is -2.26. The molecule has 6 nitrogen and oxygen atoms in total. The highest BCUT2D eigenvalue weighted by molar-refractivity contribution is 5.44. The van der Waals surface area contributed by atoms with E-state index in [1.54, 1.807) is 26.4 Å². The Kier molecular flexibility index (Phi) is 5.04. The van der Waals surface area contributed by atoms with Gasteiger partial charge in [-0.15, -0.1) is 5.10 Å². The monoisotopic (exact) mass is 331 g/mol. The first-order valence-electron chi connectivity index (χ1n) is 8.44. The van der Waals surface area contributed by atoms with Crippen LogP contribution in [0.5, 0.6) is 11.5 Å². The van der Waals surface area contributed by atoms with E-state index in [9.17, 15) is 5.11 Å². The highest BCUT2D eigenvalue weighted by Crippen LogP contribution is 2.34. The first kappa shape index (κ1) is 16.8. The van der Waals surface area contributed by atoms with Crippen molar-refractivity contribution in [1.82, 2.24) is 15.0 Å². The number of rotatable bonds is 5. The molecule has 3 rings (SSSR count). The van der Waals surface area contributed by atoms with Gasteiger partial charge in [0, 0.05) is 0 Å². The van der Waals surface area contributed by atoms with Gasteiger partial charge in [0.05, 0.1) is 26.5 Å². The number of hydrogen-bond donors (Lipinski definition) is 1. The van der Waals surface area contributed by atoms with Gasteiger partial charge in [0.1, 0.15) is 11.8 Å². The number of aliphatic hydroxyl groups is 1. The van der Waals surface area contributed by atoms with Crippen LogP contribution in [-0.2, 0) is 0 Å². The molecule has 24 heavy (non-hydrogen) atoms. The number of aliphatic hydroxyl groups excluding tert-OH is 1. The maximum Gasteiger partial charge on any atom is 0.161 e. The van der Waals surface area contributed by atoms with Crippen LogP contribution in [0.1, 0.15) is 56.0 Å². The molecule has 0 saturated heterocycles. The number of benzene rings is 1. The number of aromatic nitrogens is 3. The molecule has 0 amide bonds. The lowest BCUT2D eigenvalue weighted by molar-refractivity contribution is 0.214. The zero-order valence-corrected chi connectivity index (χ0v) is 14.5. The Bertz CT molecular complexity index is 686. The fourth-order valence-electron chi connectivity index (χ4n) is 3.43. The summed E-state index contributed by atoms with van der Waals surface area (Å²) in [5, 5.41) is 19.1. The topological polar surface area (TPSA) is 69.4 Å². The van der Waals surface area contributed by atoms with Gasteiger partial charge in [0.15, 0.2) is 11.5 Å². The molecule has 1 heterocycles. The quantitative estimate of drug-likeness (QED) is 0.911. The lowest BCUT2D eigenvalue weighted by atomic mass is 9.87. The van der Waals surface area contributed by atoms with Crippen LogP contribution in [0.15, 0.2) is 24.4 Å². The predicted molar refractivity (Wildman–Crippen MR) is 90.3 cm³/mol. The second-order valence-corrected chi connectivity index (χ2v) is 6.57. The fourth-order valence-corrected chi connectivity index (χ4v) is 3.43. The Morgan fingerprint density at radius 2 is 2.00 bits per heavy atom. The summed E-state index contributed by atoms with van der Waals surface area (Å²) in [7, 11) is 3.17. The molecule has 0 spiro atoms. The molecule has 1 aromatic heterocycles. The first-order chi connectivity index (χ1) is 11.6. The molecule has 1 aliphatic rings. The van der Waals surface area contributed by atoms with E-state index in [1.165, 1.54) is 12.8 Å². The molecule has 1 aliphatic carbocycles. The van der Waals surface area contributed by atoms with Gasteiger partial charge >= 0.3 is 0 Å². The van der Waals surface area contributed by atoms with E-state index in [4.69, 9.17) is 9.47 Å². The molecule has 6 heteroatoms. The van der Waals surface area contributed by atoms with Crippen molar-refractivity contribution in [2.24, 2.45) is 5.92 Å². The second-order valence-electron chi connectivity index (χ2n) is 6.57. The Labute approximate surface area is 142 Å². The van der Waals surface area contributed by atoms with Crippen LogP contribution in [0.3, 0.4) is 0 Å². The van der Waals surface area contributed by atoms with Gasteiger partial charge in [-0.3, -0.25) is 0 Å². The minimum Gasteiger partial charge on any atom is -0.493 e. The van der Waals surface area contributed by atoms with Crippen LogP contribution in [0.2, 0.25) is 0 Å². The standard InChI is InChI=1S/C18H25N3O3/c1-12-5-4-6-14(9-12)21-11-15(19-20-21)18(22)13-7-8-16(23-2)17(10-13)24-3/h7-8,10-12,14,18,22H,4-6,9H2,1-3H3. The van der Waals surface area contributed by atoms with Crippen molar-refractivity contribution in [2.45, 2.75) is 44.8 Å². The van der Waals surface area contributed by atoms with Gasteiger partial charge in [0.2, 0.25) is 0 Å². The van der Waals surface area contributed by atoms with E-state index in [0.29, 0.717) is 34.7 Å². The Hall–Kier alpha value is -2.08. The number of ether oxygens (including phenoxy) is 2. The predicted octanol–water partition coefficient (Wildman–Crippen LogP) is 3.13. The molecule has 1 N–H and O–H groups in total. The van der Waals surface area contributed by atoms with Gasteiger partial charge in [-0.1, -0.05) is 31.0 Å². The minimum atomic E-state index is -0.834. The Morgan fingerprint density at radius 1 is 1.21 bits per heavy atom. The summed E-state index contributed by atoms with van der Waals surface area (Å²) in [6, 6.07) is 5.75. The summed E-state index contributed by atoms with van der Waals surface area (Å²) in [6.07, 6.45) is 5.78.